The highest BCUT2D eigenvalue weighted by molar-refractivity contribution is 5.76. The number of hydrogen-bond acceptors (Lipinski definition) is 4. The standard InChI is InChI=1S/C20H36O4/c1-15(2)8-6-12-23-19(21)17-10-5-11-18(14-17)20(22)24-13-7-9-16(3)4/h15-18H,5-14H2,1-4H3. The van der Waals surface area contributed by atoms with Gasteiger partial charge in [-0.25, -0.2) is 0 Å². The van der Waals surface area contributed by atoms with Crippen molar-refractivity contribution in [1.29, 1.82) is 0 Å². The molecule has 1 aliphatic carbocycles. The summed E-state index contributed by atoms with van der Waals surface area (Å²) in [5.41, 5.74) is 0. The summed E-state index contributed by atoms with van der Waals surface area (Å²) in [5.74, 6) is 0.741. The Hall–Kier alpha value is -1.06. The molecule has 4 heteroatoms. The molecule has 2 unspecified atom stereocenters. The number of carbonyl (C=O) groups excluding carboxylic acids is 2. The first-order valence-electron chi connectivity index (χ1n) is 9.73. The molecule has 0 saturated heterocycles. The van der Waals surface area contributed by atoms with Crippen molar-refractivity contribution in [1.82, 2.24) is 0 Å². The van der Waals surface area contributed by atoms with Crippen LogP contribution in [-0.4, -0.2) is 25.2 Å². The van der Waals surface area contributed by atoms with Crippen molar-refractivity contribution in [2.24, 2.45) is 23.7 Å². The van der Waals surface area contributed by atoms with Crippen LogP contribution < -0.4 is 0 Å². The van der Waals surface area contributed by atoms with Gasteiger partial charge in [-0.15, -0.1) is 0 Å². The van der Waals surface area contributed by atoms with E-state index in [4.69, 9.17) is 9.47 Å². The Balaban J connectivity index is 2.27. The van der Waals surface area contributed by atoms with Crippen molar-refractivity contribution < 1.29 is 19.1 Å². The molecule has 4 nitrogen and oxygen atoms in total. The summed E-state index contributed by atoms with van der Waals surface area (Å²) in [6.45, 7) is 9.66. The van der Waals surface area contributed by atoms with Crippen LogP contribution in [0.15, 0.2) is 0 Å². The molecular weight excluding hydrogens is 304 g/mol. The lowest BCUT2D eigenvalue weighted by Gasteiger charge is -2.26. The molecule has 0 bridgehead atoms. The summed E-state index contributed by atoms with van der Waals surface area (Å²) in [7, 11) is 0. The molecule has 1 rings (SSSR count). The van der Waals surface area contributed by atoms with E-state index in [1.165, 1.54) is 0 Å². The minimum Gasteiger partial charge on any atom is -0.465 e. The van der Waals surface area contributed by atoms with Crippen molar-refractivity contribution in [3.8, 4) is 0 Å². The van der Waals surface area contributed by atoms with E-state index in [2.05, 4.69) is 27.7 Å². The zero-order chi connectivity index (χ0) is 17.9. The molecule has 0 aromatic carbocycles. The van der Waals surface area contributed by atoms with E-state index in [1.807, 2.05) is 0 Å². The van der Waals surface area contributed by atoms with E-state index in [-0.39, 0.29) is 23.8 Å². The first kappa shape index (κ1) is 21.0. The number of ether oxygens (including phenoxy) is 2. The highest BCUT2D eigenvalue weighted by Gasteiger charge is 2.32. The van der Waals surface area contributed by atoms with Crippen LogP contribution in [-0.2, 0) is 19.1 Å². The Labute approximate surface area is 147 Å². The summed E-state index contributed by atoms with van der Waals surface area (Å²) in [6.07, 6.45) is 7.13. The monoisotopic (exact) mass is 340 g/mol. The molecule has 0 aromatic rings. The van der Waals surface area contributed by atoms with Crippen molar-refractivity contribution in [2.75, 3.05) is 13.2 Å². The average molecular weight is 341 g/mol. The van der Waals surface area contributed by atoms with Gasteiger partial charge in [0.15, 0.2) is 0 Å². The fourth-order valence-corrected chi connectivity index (χ4v) is 3.18. The van der Waals surface area contributed by atoms with Crippen molar-refractivity contribution in [3.05, 3.63) is 0 Å². The lowest BCUT2D eigenvalue weighted by atomic mass is 9.81. The SMILES string of the molecule is CC(C)CCCOC(=O)C1CCCC(C(=O)OCCCC(C)C)C1. The maximum absolute atomic E-state index is 12.2. The molecule has 24 heavy (non-hydrogen) atoms. The summed E-state index contributed by atoms with van der Waals surface area (Å²) in [5, 5.41) is 0. The van der Waals surface area contributed by atoms with E-state index < -0.39 is 0 Å². The third-order valence-corrected chi connectivity index (χ3v) is 4.68. The van der Waals surface area contributed by atoms with Crippen LogP contribution in [0.25, 0.3) is 0 Å². The van der Waals surface area contributed by atoms with Gasteiger partial charge in [0.25, 0.3) is 0 Å². The minimum absolute atomic E-state index is 0.129. The Morgan fingerprint density at radius 2 is 1.25 bits per heavy atom. The van der Waals surface area contributed by atoms with Crippen molar-refractivity contribution in [3.63, 3.8) is 0 Å². The second-order valence-electron chi connectivity index (χ2n) is 7.97. The second kappa shape index (κ2) is 11.5. The number of rotatable bonds is 10. The van der Waals surface area contributed by atoms with Crippen molar-refractivity contribution in [2.45, 2.75) is 79.1 Å². The number of hydrogen-bond donors (Lipinski definition) is 0. The van der Waals surface area contributed by atoms with Crippen LogP contribution in [0.3, 0.4) is 0 Å². The molecule has 1 aliphatic rings. The molecule has 0 radical (unpaired) electrons. The third kappa shape index (κ3) is 8.70. The molecule has 0 heterocycles. The number of esters is 2. The highest BCUT2D eigenvalue weighted by Crippen LogP contribution is 2.31. The molecule has 0 aliphatic heterocycles. The van der Waals surface area contributed by atoms with Gasteiger partial charge in [-0.3, -0.25) is 9.59 Å². The second-order valence-corrected chi connectivity index (χ2v) is 7.97. The quantitative estimate of drug-likeness (QED) is 0.425. The zero-order valence-corrected chi connectivity index (χ0v) is 16.0. The lowest BCUT2D eigenvalue weighted by Crippen LogP contribution is -2.30. The van der Waals surface area contributed by atoms with E-state index in [1.54, 1.807) is 0 Å². The Morgan fingerprint density at radius 1 is 0.833 bits per heavy atom. The van der Waals surface area contributed by atoms with E-state index >= 15 is 0 Å². The van der Waals surface area contributed by atoms with Crippen molar-refractivity contribution >= 4 is 11.9 Å². The van der Waals surface area contributed by atoms with E-state index in [0.29, 0.717) is 31.5 Å². The topological polar surface area (TPSA) is 52.6 Å². The molecule has 1 saturated carbocycles. The van der Waals surface area contributed by atoms with Crippen LogP contribution in [0.1, 0.15) is 79.1 Å². The fraction of sp³-hybridized carbons (Fsp3) is 0.900. The normalized spacial score (nSPS) is 21.1. The van der Waals surface area contributed by atoms with Gasteiger partial charge in [0.2, 0.25) is 0 Å². The molecule has 1 fully saturated rings. The van der Waals surface area contributed by atoms with Gasteiger partial charge in [0.05, 0.1) is 25.0 Å². The summed E-state index contributed by atoms with van der Waals surface area (Å²) in [6, 6.07) is 0. The third-order valence-electron chi connectivity index (χ3n) is 4.68. The summed E-state index contributed by atoms with van der Waals surface area (Å²) < 4.78 is 10.8. The summed E-state index contributed by atoms with van der Waals surface area (Å²) >= 11 is 0. The maximum atomic E-state index is 12.2. The Morgan fingerprint density at radius 3 is 1.62 bits per heavy atom. The molecule has 0 N–H and O–H groups in total. The molecule has 0 amide bonds. The smallest absolute Gasteiger partial charge is 0.308 e. The molecular formula is C20H36O4. The predicted octanol–water partition coefficient (Wildman–Crippen LogP) is 4.75. The minimum atomic E-state index is -0.133. The van der Waals surface area contributed by atoms with Gasteiger partial charge in [0, 0.05) is 0 Å². The first-order valence-corrected chi connectivity index (χ1v) is 9.73. The van der Waals surface area contributed by atoms with Crippen LogP contribution >= 0.6 is 0 Å². The fourth-order valence-electron chi connectivity index (χ4n) is 3.18. The van der Waals surface area contributed by atoms with Gasteiger partial charge in [0.1, 0.15) is 0 Å². The van der Waals surface area contributed by atoms with Gasteiger partial charge < -0.3 is 9.47 Å². The molecule has 140 valence electrons. The lowest BCUT2D eigenvalue weighted by molar-refractivity contribution is -0.155. The number of carbonyl (C=O) groups is 2. The Bertz CT molecular complexity index is 342. The van der Waals surface area contributed by atoms with Crippen LogP contribution in [0.4, 0.5) is 0 Å². The molecule has 0 aromatic heterocycles. The highest BCUT2D eigenvalue weighted by atomic mass is 16.5. The maximum Gasteiger partial charge on any atom is 0.308 e. The van der Waals surface area contributed by atoms with E-state index in [0.717, 1.165) is 44.9 Å². The van der Waals surface area contributed by atoms with Gasteiger partial charge in [-0.1, -0.05) is 34.1 Å². The van der Waals surface area contributed by atoms with Crippen LogP contribution in [0.5, 0.6) is 0 Å². The first-order chi connectivity index (χ1) is 11.4. The van der Waals surface area contributed by atoms with Gasteiger partial charge >= 0.3 is 11.9 Å². The Kier molecular flexibility index (Phi) is 10.0. The summed E-state index contributed by atoms with van der Waals surface area (Å²) in [4.78, 5) is 24.3. The van der Waals surface area contributed by atoms with Crippen LogP contribution in [0, 0.1) is 23.7 Å². The predicted molar refractivity (Wildman–Crippen MR) is 95.5 cm³/mol. The van der Waals surface area contributed by atoms with Crippen LogP contribution in [0.2, 0.25) is 0 Å². The van der Waals surface area contributed by atoms with E-state index in [9.17, 15) is 9.59 Å². The average Bonchev–Trinajstić information content (AvgIpc) is 2.55. The molecule has 0 spiro atoms. The largest absolute Gasteiger partial charge is 0.465 e. The van der Waals surface area contributed by atoms with Gasteiger partial charge in [-0.05, 0) is 56.8 Å². The zero-order valence-electron chi connectivity index (χ0n) is 16.0. The molecule has 2 atom stereocenters. The van der Waals surface area contributed by atoms with Gasteiger partial charge in [-0.2, -0.15) is 0 Å².